The summed E-state index contributed by atoms with van der Waals surface area (Å²) in [5.74, 6) is -1.57. The Morgan fingerprint density at radius 3 is 2.70 bits per heavy atom. The van der Waals surface area contributed by atoms with Crippen LogP contribution < -0.4 is 10.6 Å². The lowest BCUT2D eigenvalue weighted by Gasteiger charge is -2.09. The zero-order valence-corrected chi connectivity index (χ0v) is 12.3. The van der Waals surface area contributed by atoms with Crippen LogP contribution in [0.1, 0.15) is 23.7 Å². The maximum atomic E-state index is 14.0. The fraction of sp³-hybridized carbons (Fsp3) is 0.500. The lowest BCUT2D eigenvalue weighted by Crippen LogP contribution is -2.29. The molecular formula is C12H18FN3O3S. The Hall–Kier alpha value is -1.70. The Kier molecular flexibility index (Phi) is 5.87. The zero-order valence-electron chi connectivity index (χ0n) is 11.4. The number of pyridine rings is 1. The molecule has 1 aromatic heterocycles. The lowest BCUT2D eigenvalue weighted by atomic mass is 10.2. The smallest absolute Gasteiger partial charge is 0.254 e. The number of hydrogen-bond acceptors (Lipinski definition) is 5. The zero-order chi connectivity index (χ0) is 15.2. The minimum Gasteiger partial charge on any atom is -0.368 e. The van der Waals surface area contributed by atoms with Crippen LogP contribution in [0.15, 0.2) is 12.3 Å². The average Bonchev–Trinajstić information content (AvgIpc) is 2.36. The van der Waals surface area contributed by atoms with Crippen LogP contribution in [0.4, 0.5) is 10.2 Å². The Bertz CT molecular complexity index is 575. The number of nitrogens with one attached hydrogen (secondary N) is 2. The summed E-state index contributed by atoms with van der Waals surface area (Å²) in [6, 6.07) is 1.25. The third kappa shape index (κ3) is 5.12. The molecule has 0 radical (unpaired) electrons. The number of rotatable bonds is 7. The molecule has 0 saturated heterocycles. The highest BCUT2D eigenvalue weighted by Gasteiger charge is 2.16. The summed E-state index contributed by atoms with van der Waals surface area (Å²) >= 11 is 0. The van der Waals surface area contributed by atoms with Crippen molar-refractivity contribution in [3.8, 4) is 0 Å². The van der Waals surface area contributed by atoms with Gasteiger partial charge < -0.3 is 10.6 Å². The van der Waals surface area contributed by atoms with E-state index in [2.05, 4.69) is 15.6 Å². The van der Waals surface area contributed by atoms with E-state index in [0.29, 0.717) is 6.54 Å². The highest BCUT2D eigenvalue weighted by atomic mass is 32.2. The van der Waals surface area contributed by atoms with Crippen LogP contribution in [0, 0.1) is 5.82 Å². The van der Waals surface area contributed by atoms with Crippen molar-refractivity contribution < 1.29 is 17.6 Å². The maximum absolute atomic E-state index is 14.0. The number of carbonyl (C=O) groups is 1. The van der Waals surface area contributed by atoms with Crippen molar-refractivity contribution in [3.05, 3.63) is 23.6 Å². The molecule has 1 rings (SSSR count). The van der Waals surface area contributed by atoms with E-state index in [4.69, 9.17) is 0 Å². The minimum atomic E-state index is -3.17. The Labute approximate surface area is 117 Å². The van der Waals surface area contributed by atoms with E-state index in [1.807, 2.05) is 6.92 Å². The lowest BCUT2D eigenvalue weighted by molar-refractivity contribution is 0.0952. The number of nitrogens with zero attached hydrogens (tertiary/aromatic N) is 1. The van der Waals surface area contributed by atoms with E-state index in [0.717, 1.165) is 12.7 Å². The summed E-state index contributed by atoms with van der Waals surface area (Å²) < 4.78 is 35.9. The van der Waals surface area contributed by atoms with Crippen LogP contribution in [-0.4, -0.2) is 44.4 Å². The SMILES string of the molecule is CCCNc1nccc(C(=O)NCCS(C)(=O)=O)c1F. The van der Waals surface area contributed by atoms with Gasteiger partial charge in [0.05, 0.1) is 11.3 Å². The van der Waals surface area contributed by atoms with E-state index in [-0.39, 0.29) is 23.7 Å². The van der Waals surface area contributed by atoms with E-state index in [9.17, 15) is 17.6 Å². The Morgan fingerprint density at radius 2 is 2.10 bits per heavy atom. The first-order valence-corrected chi connectivity index (χ1v) is 8.25. The van der Waals surface area contributed by atoms with E-state index in [1.165, 1.54) is 12.3 Å². The van der Waals surface area contributed by atoms with Crippen LogP contribution >= 0.6 is 0 Å². The van der Waals surface area contributed by atoms with Crippen LogP contribution in [0.25, 0.3) is 0 Å². The first-order chi connectivity index (χ1) is 9.35. The normalized spacial score (nSPS) is 11.2. The summed E-state index contributed by atoms with van der Waals surface area (Å²) in [4.78, 5) is 15.6. The molecule has 0 fully saturated rings. The fourth-order valence-corrected chi connectivity index (χ4v) is 1.90. The summed E-state index contributed by atoms with van der Waals surface area (Å²) in [5.41, 5.74) is -0.160. The molecule has 0 bridgehead atoms. The summed E-state index contributed by atoms with van der Waals surface area (Å²) in [5, 5.41) is 5.14. The third-order valence-corrected chi connectivity index (χ3v) is 3.38. The van der Waals surface area contributed by atoms with Crippen LogP contribution in [0.3, 0.4) is 0 Å². The summed E-state index contributed by atoms with van der Waals surface area (Å²) in [6.45, 7) is 2.41. The number of halogens is 1. The van der Waals surface area contributed by atoms with Crippen LogP contribution in [0.5, 0.6) is 0 Å². The number of anilines is 1. The monoisotopic (exact) mass is 303 g/mol. The largest absolute Gasteiger partial charge is 0.368 e. The molecule has 0 atom stereocenters. The quantitative estimate of drug-likeness (QED) is 0.778. The Balaban J connectivity index is 2.73. The van der Waals surface area contributed by atoms with Crippen molar-refractivity contribution in [2.45, 2.75) is 13.3 Å². The van der Waals surface area contributed by atoms with Gasteiger partial charge in [-0.25, -0.2) is 17.8 Å². The van der Waals surface area contributed by atoms with Crippen LogP contribution in [-0.2, 0) is 9.84 Å². The first kappa shape index (κ1) is 16.4. The molecular weight excluding hydrogens is 285 g/mol. The summed E-state index contributed by atoms with van der Waals surface area (Å²) in [6.07, 6.45) is 3.19. The van der Waals surface area contributed by atoms with Gasteiger partial charge in [0.1, 0.15) is 9.84 Å². The van der Waals surface area contributed by atoms with Gasteiger partial charge in [-0.3, -0.25) is 4.79 Å². The highest BCUT2D eigenvalue weighted by molar-refractivity contribution is 7.90. The summed E-state index contributed by atoms with van der Waals surface area (Å²) in [7, 11) is -3.17. The molecule has 0 spiro atoms. The van der Waals surface area contributed by atoms with E-state index in [1.54, 1.807) is 0 Å². The van der Waals surface area contributed by atoms with Crippen molar-refractivity contribution in [1.82, 2.24) is 10.3 Å². The molecule has 1 heterocycles. The molecule has 112 valence electrons. The molecule has 0 aliphatic heterocycles. The van der Waals surface area contributed by atoms with Crippen molar-refractivity contribution in [2.24, 2.45) is 0 Å². The molecule has 0 unspecified atom stereocenters. The van der Waals surface area contributed by atoms with E-state index >= 15 is 0 Å². The second-order valence-electron chi connectivity index (χ2n) is 4.33. The highest BCUT2D eigenvalue weighted by Crippen LogP contribution is 2.14. The molecule has 1 amide bonds. The van der Waals surface area contributed by atoms with E-state index < -0.39 is 21.6 Å². The molecule has 2 N–H and O–H groups in total. The number of hydrogen-bond donors (Lipinski definition) is 2. The average molecular weight is 303 g/mol. The van der Waals surface area contributed by atoms with Gasteiger partial charge in [-0.1, -0.05) is 6.92 Å². The van der Waals surface area contributed by atoms with Gasteiger partial charge in [0.15, 0.2) is 11.6 Å². The van der Waals surface area contributed by atoms with Crippen molar-refractivity contribution in [1.29, 1.82) is 0 Å². The molecule has 0 aromatic carbocycles. The second kappa shape index (κ2) is 7.18. The fourth-order valence-electron chi connectivity index (χ4n) is 1.43. The molecule has 8 heteroatoms. The molecule has 20 heavy (non-hydrogen) atoms. The van der Waals surface area contributed by atoms with Crippen molar-refractivity contribution in [3.63, 3.8) is 0 Å². The molecule has 6 nitrogen and oxygen atoms in total. The number of carbonyl (C=O) groups excluding carboxylic acids is 1. The van der Waals surface area contributed by atoms with Gasteiger partial charge in [0, 0.05) is 25.5 Å². The van der Waals surface area contributed by atoms with Gasteiger partial charge in [0.2, 0.25) is 0 Å². The third-order valence-electron chi connectivity index (χ3n) is 2.43. The van der Waals surface area contributed by atoms with Crippen molar-refractivity contribution in [2.75, 3.05) is 30.4 Å². The van der Waals surface area contributed by atoms with Gasteiger partial charge >= 0.3 is 0 Å². The van der Waals surface area contributed by atoms with Crippen molar-refractivity contribution >= 4 is 21.6 Å². The van der Waals surface area contributed by atoms with Gasteiger partial charge in [0.25, 0.3) is 5.91 Å². The maximum Gasteiger partial charge on any atom is 0.254 e. The van der Waals surface area contributed by atoms with Gasteiger partial charge in [-0.05, 0) is 12.5 Å². The minimum absolute atomic E-state index is 0.0163. The number of aromatic nitrogens is 1. The standard InChI is InChI=1S/C12H18FN3O3S/c1-3-5-14-11-10(13)9(4-6-15-11)12(17)16-7-8-20(2,18)19/h4,6H,3,5,7-8H2,1-2H3,(H,14,15)(H,16,17). The molecule has 0 aliphatic carbocycles. The van der Waals surface area contributed by atoms with Crippen LogP contribution in [0.2, 0.25) is 0 Å². The topological polar surface area (TPSA) is 88.2 Å². The van der Waals surface area contributed by atoms with Gasteiger partial charge in [-0.2, -0.15) is 0 Å². The number of sulfone groups is 1. The molecule has 0 aliphatic rings. The Morgan fingerprint density at radius 1 is 1.40 bits per heavy atom. The predicted molar refractivity (Wildman–Crippen MR) is 75.0 cm³/mol. The number of amides is 1. The first-order valence-electron chi connectivity index (χ1n) is 6.19. The molecule has 0 saturated carbocycles. The second-order valence-corrected chi connectivity index (χ2v) is 6.59. The predicted octanol–water partition coefficient (Wildman–Crippen LogP) is 0.817. The molecule has 1 aromatic rings. The van der Waals surface area contributed by atoms with Gasteiger partial charge in [-0.15, -0.1) is 0 Å².